The number of rotatable bonds is 1. The molecule has 1 saturated heterocycles. The second-order valence-electron chi connectivity index (χ2n) is 5.52. The Labute approximate surface area is 111 Å². The van der Waals surface area contributed by atoms with Gasteiger partial charge in [0, 0.05) is 6.42 Å². The first kappa shape index (κ1) is 12.8. The topological polar surface area (TPSA) is 47.9 Å². The third-order valence-electron chi connectivity index (χ3n) is 3.57. The second-order valence-corrected chi connectivity index (χ2v) is 5.52. The van der Waals surface area contributed by atoms with Crippen LogP contribution in [-0.4, -0.2) is 29.4 Å². The summed E-state index contributed by atoms with van der Waals surface area (Å²) in [5, 5.41) is 10.6. The molecule has 0 radical (unpaired) electrons. The van der Waals surface area contributed by atoms with Crippen molar-refractivity contribution in [2.75, 3.05) is 6.61 Å². The molecule has 1 aromatic carbocycles. The number of ether oxygens (including phenoxy) is 3. The van der Waals surface area contributed by atoms with Crippen molar-refractivity contribution in [3.8, 4) is 5.75 Å². The van der Waals surface area contributed by atoms with E-state index < -0.39 is 17.7 Å². The lowest BCUT2D eigenvalue weighted by Gasteiger charge is -2.37. The fraction of sp³-hybridized carbons (Fsp3) is 0.571. The standard InChI is InChI=1S/C14H17FO4/c1-13(2)17-8-12(19-13)14(16)6-5-9-7-10(15)3-4-11(9)18-14/h3-4,7,12,16H,5-6,8H2,1-2H3/t12-,14-/m0/s1. The molecule has 2 aliphatic rings. The minimum atomic E-state index is -1.42. The van der Waals surface area contributed by atoms with E-state index in [0.717, 1.165) is 5.56 Å². The third-order valence-corrected chi connectivity index (χ3v) is 3.57. The van der Waals surface area contributed by atoms with E-state index >= 15 is 0 Å². The molecule has 0 amide bonds. The number of aliphatic hydroxyl groups is 1. The van der Waals surface area contributed by atoms with Gasteiger partial charge in [0.25, 0.3) is 0 Å². The normalized spacial score (nSPS) is 32.7. The van der Waals surface area contributed by atoms with Gasteiger partial charge in [0.1, 0.15) is 17.7 Å². The van der Waals surface area contributed by atoms with E-state index in [-0.39, 0.29) is 12.4 Å². The zero-order chi connectivity index (χ0) is 13.7. The van der Waals surface area contributed by atoms with Gasteiger partial charge in [-0.3, -0.25) is 0 Å². The van der Waals surface area contributed by atoms with Gasteiger partial charge in [0.05, 0.1) is 6.61 Å². The summed E-state index contributed by atoms with van der Waals surface area (Å²) in [6, 6.07) is 4.29. The molecule has 3 rings (SSSR count). The van der Waals surface area contributed by atoms with Crippen LogP contribution in [0.4, 0.5) is 4.39 Å². The molecule has 2 aliphatic heterocycles. The largest absolute Gasteiger partial charge is 0.459 e. The number of fused-ring (bicyclic) bond motifs is 1. The van der Waals surface area contributed by atoms with Crippen LogP contribution in [0.3, 0.4) is 0 Å². The van der Waals surface area contributed by atoms with Crippen LogP contribution >= 0.6 is 0 Å². The molecule has 0 saturated carbocycles. The minimum absolute atomic E-state index is 0.278. The zero-order valence-electron chi connectivity index (χ0n) is 11.0. The molecule has 4 nitrogen and oxygen atoms in total. The fourth-order valence-corrected chi connectivity index (χ4v) is 2.53. The summed E-state index contributed by atoms with van der Waals surface area (Å²) in [5.74, 6) is -1.93. The lowest BCUT2D eigenvalue weighted by atomic mass is 9.96. The highest BCUT2D eigenvalue weighted by Crippen LogP contribution is 2.38. The van der Waals surface area contributed by atoms with Crippen LogP contribution in [0.25, 0.3) is 0 Å². The molecular formula is C14H17FO4. The molecule has 104 valence electrons. The van der Waals surface area contributed by atoms with E-state index in [1.165, 1.54) is 18.2 Å². The summed E-state index contributed by atoms with van der Waals surface area (Å²) >= 11 is 0. The number of halogens is 1. The van der Waals surface area contributed by atoms with Crippen molar-refractivity contribution in [3.63, 3.8) is 0 Å². The van der Waals surface area contributed by atoms with Crippen LogP contribution < -0.4 is 4.74 Å². The maximum atomic E-state index is 13.1. The second kappa shape index (κ2) is 4.16. The Morgan fingerprint density at radius 1 is 1.37 bits per heavy atom. The molecule has 2 heterocycles. The highest BCUT2D eigenvalue weighted by molar-refractivity contribution is 5.36. The van der Waals surface area contributed by atoms with Crippen LogP contribution in [-0.2, 0) is 15.9 Å². The van der Waals surface area contributed by atoms with Gasteiger partial charge in [0.15, 0.2) is 5.79 Å². The molecule has 1 N–H and O–H groups in total. The van der Waals surface area contributed by atoms with Gasteiger partial charge in [-0.1, -0.05) is 0 Å². The van der Waals surface area contributed by atoms with E-state index in [0.29, 0.717) is 18.6 Å². The summed E-state index contributed by atoms with van der Waals surface area (Å²) in [7, 11) is 0. The smallest absolute Gasteiger partial charge is 0.237 e. The van der Waals surface area contributed by atoms with Gasteiger partial charge >= 0.3 is 0 Å². The molecular weight excluding hydrogens is 251 g/mol. The monoisotopic (exact) mass is 268 g/mol. The average Bonchev–Trinajstić information content (AvgIpc) is 2.71. The maximum Gasteiger partial charge on any atom is 0.237 e. The Morgan fingerprint density at radius 3 is 2.84 bits per heavy atom. The molecule has 0 bridgehead atoms. The van der Waals surface area contributed by atoms with Gasteiger partial charge in [-0.15, -0.1) is 0 Å². The Bertz CT molecular complexity index is 502. The van der Waals surface area contributed by atoms with Crippen molar-refractivity contribution in [2.45, 2.75) is 44.4 Å². The first-order valence-electron chi connectivity index (χ1n) is 6.40. The van der Waals surface area contributed by atoms with Gasteiger partial charge in [-0.05, 0) is 44.0 Å². The van der Waals surface area contributed by atoms with Crippen LogP contribution in [0.5, 0.6) is 5.75 Å². The fourth-order valence-electron chi connectivity index (χ4n) is 2.53. The maximum absolute atomic E-state index is 13.1. The van der Waals surface area contributed by atoms with Gasteiger partial charge in [-0.25, -0.2) is 4.39 Å². The lowest BCUT2D eigenvalue weighted by molar-refractivity contribution is -0.239. The van der Waals surface area contributed by atoms with E-state index in [1.807, 2.05) is 0 Å². The van der Waals surface area contributed by atoms with E-state index in [1.54, 1.807) is 13.8 Å². The van der Waals surface area contributed by atoms with Gasteiger partial charge in [-0.2, -0.15) is 0 Å². The molecule has 1 aromatic rings. The molecule has 1 fully saturated rings. The third kappa shape index (κ3) is 2.33. The van der Waals surface area contributed by atoms with Crippen molar-refractivity contribution < 1.29 is 23.7 Å². The number of hydrogen-bond acceptors (Lipinski definition) is 4. The molecule has 0 aliphatic carbocycles. The van der Waals surface area contributed by atoms with Crippen LogP contribution in [0.2, 0.25) is 0 Å². The van der Waals surface area contributed by atoms with Crippen molar-refractivity contribution in [3.05, 3.63) is 29.6 Å². The highest BCUT2D eigenvalue weighted by Gasteiger charge is 2.49. The Kier molecular flexibility index (Phi) is 2.81. The molecule has 2 atom stereocenters. The van der Waals surface area contributed by atoms with Gasteiger partial charge < -0.3 is 19.3 Å². The van der Waals surface area contributed by atoms with Crippen molar-refractivity contribution >= 4 is 0 Å². The number of hydrogen-bond donors (Lipinski definition) is 1. The van der Waals surface area contributed by atoms with Crippen molar-refractivity contribution in [1.82, 2.24) is 0 Å². The Hall–Kier alpha value is -1.17. The van der Waals surface area contributed by atoms with Crippen LogP contribution in [0, 0.1) is 5.82 Å². The molecule has 5 heteroatoms. The highest BCUT2D eigenvalue weighted by atomic mass is 19.1. The van der Waals surface area contributed by atoms with Crippen LogP contribution in [0.1, 0.15) is 25.8 Å². The average molecular weight is 268 g/mol. The van der Waals surface area contributed by atoms with E-state index in [4.69, 9.17) is 14.2 Å². The molecule has 0 aromatic heterocycles. The summed E-state index contributed by atoms with van der Waals surface area (Å²) < 4.78 is 29.9. The Balaban J connectivity index is 1.82. The molecule has 0 unspecified atom stereocenters. The summed E-state index contributed by atoms with van der Waals surface area (Å²) in [4.78, 5) is 0. The summed E-state index contributed by atoms with van der Waals surface area (Å²) in [6.07, 6.45) is 0.359. The first-order valence-corrected chi connectivity index (χ1v) is 6.40. The lowest BCUT2D eigenvalue weighted by Crippen LogP contribution is -2.51. The predicted octanol–water partition coefficient (Wildman–Crippen LogP) is 1.99. The van der Waals surface area contributed by atoms with Gasteiger partial charge in [0.2, 0.25) is 5.79 Å². The molecule has 19 heavy (non-hydrogen) atoms. The van der Waals surface area contributed by atoms with E-state index in [2.05, 4.69) is 0 Å². The predicted molar refractivity (Wildman–Crippen MR) is 65.2 cm³/mol. The van der Waals surface area contributed by atoms with Crippen LogP contribution in [0.15, 0.2) is 18.2 Å². The number of benzene rings is 1. The van der Waals surface area contributed by atoms with Crippen molar-refractivity contribution in [1.29, 1.82) is 0 Å². The minimum Gasteiger partial charge on any atom is -0.459 e. The van der Waals surface area contributed by atoms with E-state index in [9.17, 15) is 9.50 Å². The first-order chi connectivity index (χ1) is 8.88. The Morgan fingerprint density at radius 2 is 2.16 bits per heavy atom. The molecule has 0 spiro atoms. The SMILES string of the molecule is CC1(C)OC[C@@H]([C@]2(O)CCc3cc(F)ccc3O2)O1. The van der Waals surface area contributed by atoms with Crippen molar-refractivity contribution in [2.24, 2.45) is 0 Å². The summed E-state index contributed by atoms with van der Waals surface area (Å²) in [5.41, 5.74) is 0.767. The number of aryl methyl sites for hydroxylation is 1. The quantitative estimate of drug-likeness (QED) is 0.846. The summed E-state index contributed by atoms with van der Waals surface area (Å²) in [6.45, 7) is 3.87. The zero-order valence-corrected chi connectivity index (χ0v) is 11.0.